The molecule has 1 unspecified atom stereocenters. The van der Waals surface area contributed by atoms with Crippen LogP contribution in [0.5, 0.6) is 0 Å². The average molecular weight is 254 g/mol. The first-order valence-corrected chi connectivity index (χ1v) is 5.28. The molecule has 2 rings (SSSR count). The fraction of sp³-hybridized carbons (Fsp3) is 0.300. The standard InChI is InChI=1S/C10H12BrN3/c1-6(12)10-9-5-8(11)3-4-14(9)7(2)13-10/h3-6H,12H2,1-2H3. The molecule has 2 heterocycles. The van der Waals surface area contributed by atoms with E-state index < -0.39 is 0 Å². The number of aryl methyl sites for hydroxylation is 1. The van der Waals surface area contributed by atoms with Crippen molar-refractivity contribution in [1.82, 2.24) is 9.38 Å². The number of nitrogens with zero attached hydrogens (tertiary/aromatic N) is 2. The van der Waals surface area contributed by atoms with Gasteiger partial charge in [-0.05, 0) is 26.0 Å². The Morgan fingerprint density at radius 2 is 2.29 bits per heavy atom. The lowest BCUT2D eigenvalue weighted by atomic mass is 10.2. The molecule has 2 N–H and O–H groups in total. The molecule has 0 fully saturated rings. The van der Waals surface area contributed by atoms with Crippen LogP contribution in [-0.2, 0) is 0 Å². The fourth-order valence-corrected chi connectivity index (χ4v) is 1.91. The third kappa shape index (κ3) is 1.44. The molecule has 0 spiro atoms. The lowest BCUT2D eigenvalue weighted by molar-refractivity contribution is 0.793. The molecule has 0 aromatic carbocycles. The summed E-state index contributed by atoms with van der Waals surface area (Å²) in [5.74, 6) is 0.972. The van der Waals surface area contributed by atoms with Crippen molar-refractivity contribution in [3.8, 4) is 0 Å². The van der Waals surface area contributed by atoms with Gasteiger partial charge < -0.3 is 10.1 Å². The van der Waals surface area contributed by atoms with E-state index in [0.29, 0.717) is 0 Å². The minimum Gasteiger partial charge on any atom is -0.323 e. The molecule has 0 aliphatic heterocycles. The Labute approximate surface area is 91.1 Å². The lowest BCUT2D eigenvalue weighted by Gasteiger charge is -2.01. The predicted octanol–water partition coefficient (Wildman–Crippen LogP) is 2.42. The van der Waals surface area contributed by atoms with Crippen molar-refractivity contribution < 1.29 is 0 Å². The number of hydrogen-bond donors (Lipinski definition) is 1. The first-order valence-electron chi connectivity index (χ1n) is 4.49. The van der Waals surface area contributed by atoms with E-state index in [2.05, 4.69) is 20.9 Å². The van der Waals surface area contributed by atoms with Crippen LogP contribution in [0.2, 0.25) is 0 Å². The van der Waals surface area contributed by atoms with Crippen LogP contribution in [0, 0.1) is 6.92 Å². The molecule has 14 heavy (non-hydrogen) atoms. The molecule has 0 radical (unpaired) electrons. The molecule has 0 bridgehead atoms. The Hall–Kier alpha value is -0.870. The molecule has 4 heteroatoms. The highest BCUT2D eigenvalue weighted by Crippen LogP contribution is 2.21. The topological polar surface area (TPSA) is 43.3 Å². The summed E-state index contributed by atoms with van der Waals surface area (Å²) in [5, 5.41) is 0. The van der Waals surface area contributed by atoms with Crippen molar-refractivity contribution in [2.45, 2.75) is 19.9 Å². The predicted molar refractivity (Wildman–Crippen MR) is 60.2 cm³/mol. The second kappa shape index (κ2) is 3.37. The van der Waals surface area contributed by atoms with Crippen LogP contribution >= 0.6 is 15.9 Å². The number of imidazole rings is 1. The zero-order chi connectivity index (χ0) is 10.3. The van der Waals surface area contributed by atoms with E-state index in [0.717, 1.165) is 21.5 Å². The van der Waals surface area contributed by atoms with Gasteiger partial charge in [-0.15, -0.1) is 0 Å². The smallest absolute Gasteiger partial charge is 0.110 e. The molecule has 0 saturated carbocycles. The van der Waals surface area contributed by atoms with Crippen LogP contribution in [0.4, 0.5) is 0 Å². The number of pyridine rings is 1. The maximum Gasteiger partial charge on any atom is 0.110 e. The summed E-state index contributed by atoms with van der Waals surface area (Å²) in [4.78, 5) is 4.45. The molecule has 2 aromatic rings. The summed E-state index contributed by atoms with van der Waals surface area (Å²) in [6.07, 6.45) is 1.99. The quantitative estimate of drug-likeness (QED) is 0.849. The Morgan fingerprint density at radius 1 is 1.57 bits per heavy atom. The van der Waals surface area contributed by atoms with Crippen LogP contribution in [0.1, 0.15) is 24.5 Å². The summed E-state index contributed by atoms with van der Waals surface area (Å²) in [6, 6.07) is 4.00. The highest BCUT2D eigenvalue weighted by atomic mass is 79.9. The van der Waals surface area contributed by atoms with Crippen molar-refractivity contribution in [2.75, 3.05) is 0 Å². The third-order valence-corrected chi connectivity index (χ3v) is 2.73. The monoisotopic (exact) mass is 253 g/mol. The van der Waals surface area contributed by atoms with Crippen molar-refractivity contribution >= 4 is 21.4 Å². The van der Waals surface area contributed by atoms with E-state index in [1.165, 1.54) is 0 Å². The number of fused-ring (bicyclic) bond motifs is 1. The van der Waals surface area contributed by atoms with E-state index in [-0.39, 0.29) is 6.04 Å². The number of rotatable bonds is 1. The van der Waals surface area contributed by atoms with Crippen molar-refractivity contribution in [1.29, 1.82) is 0 Å². The Morgan fingerprint density at radius 3 is 2.93 bits per heavy atom. The first kappa shape index (κ1) is 9.68. The van der Waals surface area contributed by atoms with Crippen LogP contribution in [0.15, 0.2) is 22.8 Å². The molecule has 0 aliphatic rings. The number of nitrogens with two attached hydrogens (primary N) is 1. The molecule has 2 aromatic heterocycles. The van der Waals surface area contributed by atoms with Gasteiger partial charge in [-0.25, -0.2) is 4.98 Å². The number of aromatic nitrogens is 2. The zero-order valence-corrected chi connectivity index (χ0v) is 9.75. The molecule has 3 nitrogen and oxygen atoms in total. The zero-order valence-electron chi connectivity index (χ0n) is 8.16. The molecule has 0 amide bonds. The van der Waals surface area contributed by atoms with E-state index in [1.807, 2.05) is 36.6 Å². The van der Waals surface area contributed by atoms with Gasteiger partial charge in [0.1, 0.15) is 5.82 Å². The molecular weight excluding hydrogens is 242 g/mol. The van der Waals surface area contributed by atoms with Gasteiger partial charge in [-0.3, -0.25) is 0 Å². The van der Waals surface area contributed by atoms with Gasteiger partial charge in [0, 0.05) is 16.7 Å². The summed E-state index contributed by atoms with van der Waals surface area (Å²) < 4.78 is 3.09. The number of halogens is 1. The van der Waals surface area contributed by atoms with Crippen molar-refractivity contribution in [3.05, 3.63) is 34.3 Å². The van der Waals surface area contributed by atoms with E-state index in [4.69, 9.17) is 5.73 Å². The molecule has 1 atom stereocenters. The van der Waals surface area contributed by atoms with E-state index in [9.17, 15) is 0 Å². The Balaban J connectivity index is 2.79. The Kier molecular flexibility index (Phi) is 2.33. The minimum absolute atomic E-state index is 0.0343. The van der Waals surface area contributed by atoms with Gasteiger partial charge in [-0.2, -0.15) is 0 Å². The van der Waals surface area contributed by atoms with Crippen LogP contribution in [0.25, 0.3) is 5.52 Å². The molecular formula is C10H12BrN3. The second-order valence-corrected chi connectivity index (χ2v) is 4.35. The first-order chi connectivity index (χ1) is 6.59. The second-order valence-electron chi connectivity index (χ2n) is 3.43. The van der Waals surface area contributed by atoms with Gasteiger partial charge in [0.05, 0.1) is 11.2 Å². The van der Waals surface area contributed by atoms with Crippen LogP contribution < -0.4 is 5.73 Å². The summed E-state index contributed by atoms with van der Waals surface area (Å²) >= 11 is 3.44. The maximum atomic E-state index is 5.85. The molecule has 74 valence electrons. The van der Waals surface area contributed by atoms with Crippen LogP contribution in [-0.4, -0.2) is 9.38 Å². The number of hydrogen-bond acceptors (Lipinski definition) is 2. The van der Waals surface area contributed by atoms with E-state index >= 15 is 0 Å². The molecule has 0 saturated heterocycles. The SMILES string of the molecule is Cc1nc(C(C)N)c2cc(Br)ccn12. The van der Waals surface area contributed by atoms with Gasteiger partial charge in [-0.1, -0.05) is 15.9 Å². The van der Waals surface area contributed by atoms with Gasteiger partial charge in [0.2, 0.25) is 0 Å². The normalized spacial score (nSPS) is 13.4. The van der Waals surface area contributed by atoms with Crippen molar-refractivity contribution in [2.24, 2.45) is 5.73 Å². The largest absolute Gasteiger partial charge is 0.323 e. The minimum atomic E-state index is -0.0343. The van der Waals surface area contributed by atoms with Gasteiger partial charge >= 0.3 is 0 Å². The lowest BCUT2D eigenvalue weighted by Crippen LogP contribution is -2.05. The average Bonchev–Trinajstić information content (AvgIpc) is 2.43. The van der Waals surface area contributed by atoms with E-state index in [1.54, 1.807) is 0 Å². The highest BCUT2D eigenvalue weighted by molar-refractivity contribution is 9.10. The van der Waals surface area contributed by atoms with Crippen LogP contribution in [0.3, 0.4) is 0 Å². The van der Waals surface area contributed by atoms with Crippen molar-refractivity contribution in [3.63, 3.8) is 0 Å². The molecule has 0 aliphatic carbocycles. The highest BCUT2D eigenvalue weighted by Gasteiger charge is 2.11. The van der Waals surface area contributed by atoms with Gasteiger partial charge in [0.25, 0.3) is 0 Å². The Bertz CT molecular complexity index is 473. The van der Waals surface area contributed by atoms with Gasteiger partial charge in [0.15, 0.2) is 0 Å². The maximum absolute atomic E-state index is 5.85. The summed E-state index contributed by atoms with van der Waals surface area (Å²) in [7, 11) is 0. The fourth-order valence-electron chi connectivity index (χ4n) is 1.57. The summed E-state index contributed by atoms with van der Waals surface area (Å²) in [5.41, 5.74) is 7.88. The third-order valence-electron chi connectivity index (χ3n) is 2.24. The summed E-state index contributed by atoms with van der Waals surface area (Å²) in [6.45, 7) is 3.93.